The summed E-state index contributed by atoms with van der Waals surface area (Å²) in [7, 11) is 0. The van der Waals surface area contributed by atoms with Crippen molar-refractivity contribution in [1.82, 2.24) is 4.98 Å². The Hall–Kier alpha value is -2.73. The number of aromatic nitrogens is 1. The van der Waals surface area contributed by atoms with E-state index in [-0.39, 0.29) is 23.1 Å². The highest BCUT2D eigenvalue weighted by atomic mass is 32.2. The van der Waals surface area contributed by atoms with Crippen LogP contribution in [0, 0.1) is 11.3 Å². The van der Waals surface area contributed by atoms with Crippen molar-refractivity contribution >= 4 is 17.7 Å². The van der Waals surface area contributed by atoms with E-state index >= 15 is 0 Å². The lowest BCUT2D eigenvalue weighted by atomic mass is 10.1. The monoisotopic (exact) mass is 438 g/mol. The summed E-state index contributed by atoms with van der Waals surface area (Å²) in [5.41, 5.74) is -1.22. The summed E-state index contributed by atoms with van der Waals surface area (Å²) in [5, 5.41) is 9.13. The predicted octanol–water partition coefficient (Wildman–Crippen LogP) is 5.47. The van der Waals surface area contributed by atoms with Crippen LogP contribution in [-0.2, 0) is 15.7 Å². The molecule has 0 N–H and O–H groups in total. The number of ether oxygens (including phenoxy) is 2. The fourth-order valence-electron chi connectivity index (χ4n) is 2.49. The van der Waals surface area contributed by atoms with E-state index in [1.165, 1.54) is 0 Å². The van der Waals surface area contributed by atoms with E-state index in [2.05, 4.69) is 4.98 Å². The van der Waals surface area contributed by atoms with E-state index < -0.39 is 23.3 Å². The van der Waals surface area contributed by atoms with Gasteiger partial charge in [-0.05, 0) is 43.7 Å². The Kier molecular flexibility index (Phi) is 8.54. The summed E-state index contributed by atoms with van der Waals surface area (Å²) in [6.07, 6.45) is -2.86. The van der Waals surface area contributed by atoms with Gasteiger partial charge in [0.05, 0.1) is 35.8 Å². The Morgan fingerprint density at radius 2 is 1.93 bits per heavy atom. The highest BCUT2D eigenvalue weighted by Gasteiger charge is 2.36. The van der Waals surface area contributed by atoms with Crippen LogP contribution in [0.2, 0.25) is 0 Å². The van der Waals surface area contributed by atoms with Crippen molar-refractivity contribution in [2.45, 2.75) is 37.9 Å². The molecular formula is C21H21F3N2O3S. The van der Waals surface area contributed by atoms with Crippen LogP contribution in [0.25, 0.3) is 11.3 Å². The van der Waals surface area contributed by atoms with Gasteiger partial charge in [-0.3, -0.25) is 4.79 Å². The molecule has 0 bridgehead atoms. The maximum Gasteiger partial charge on any atom is 0.417 e. The average molecular weight is 438 g/mol. The SMILES string of the molecule is CCCCOc1ccc(-c2cc(C(F)(F)F)c(C#N)c(SCC(=O)OCC)n2)cc1. The minimum Gasteiger partial charge on any atom is -0.494 e. The molecule has 0 aliphatic heterocycles. The van der Waals surface area contributed by atoms with Gasteiger partial charge in [-0.25, -0.2) is 4.98 Å². The third kappa shape index (κ3) is 6.39. The number of unbranched alkanes of at least 4 members (excludes halogenated alkanes) is 1. The number of hydrogen-bond donors (Lipinski definition) is 0. The van der Waals surface area contributed by atoms with Crippen molar-refractivity contribution < 1.29 is 27.4 Å². The van der Waals surface area contributed by atoms with Crippen LogP contribution in [0.5, 0.6) is 5.75 Å². The van der Waals surface area contributed by atoms with Gasteiger partial charge in [-0.15, -0.1) is 0 Å². The topological polar surface area (TPSA) is 72.2 Å². The Labute approximate surface area is 177 Å². The van der Waals surface area contributed by atoms with Gasteiger partial charge in [0.2, 0.25) is 0 Å². The van der Waals surface area contributed by atoms with Gasteiger partial charge in [-0.1, -0.05) is 25.1 Å². The van der Waals surface area contributed by atoms with E-state index in [4.69, 9.17) is 9.47 Å². The van der Waals surface area contributed by atoms with Gasteiger partial charge >= 0.3 is 12.1 Å². The van der Waals surface area contributed by atoms with Crippen LogP contribution in [0.15, 0.2) is 35.4 Å². The smallest absolute Gasteiger partial charge is 0.417 e. The number of benzene rings is 1. The second-order valence-electron chi connectivity index (χ2n) is 6.16. The van der Waals surface area contributed by atoms with Crippen LogP contribution in [0.1, 0.15) is 37.8 Å². The first-order valence-electron chi connectivity index (χ1n) is 9.34. The molecule has 5 nitrogen and oxygen atoms in total. The van der Waals surface area contributed by atoms with E-state index in [9.17, 15) is 23.2 Å². The molecule has 0 aliphatic rings. The number of hydrogen-bond acceptors (Lipinski definition) is 6. The van der Waals surface area contributed by atoms with Crippen LogP contribution in [0.4, 0.5) is 13.2 Å². The first kappa shape index (κ1) is 23.5. The van der Waals surface area contributed by atoms with E-state index in [1.807, 2.05) is 6.92 Å². The molecule has 0 fully saturated rings. The van der Waals surface area contributed by atoms with Crippen molar-refractivity contribution in [3.8, 4) is 23.1 Å². The third-order valence-corrected chi connectivity index (χ3v) is 4.90. The maximum atomic E-state index is 13.6. The Balaban J connectivity index is 2.40. The fourth-order valence-corrected chi connectivity index (χ4v) is 3.29. The number of pyridine rings is 1. The second-order valence-corrected chi connectivity index (χ2v) is 7.13. The number of rotatable bonds is 9. The molecule has 0 amide bonds. The lowest BCUT2D eigenvalue weighted by molar-refractivity contribution is -0.140. The molecule has 1 heterocycles. The molecule has 0 unspecified atom stereocenters. The van der Waals surface area contributed by atoms with E-state index in [1.54, 1.807) is 37.3 Å². The number of thioether (sulfide) groups is 1. The third-order valence-electron chi connectivity index (χ3n) is 3.95. The van der Waals surface area contributed by atoms with Gasteiger partial charge in [0.15, 0.2) is 0 Å². The summed E-state index contributed by atoms with van der Waals surface area (Å²) < 4.78 is 51.1. The van der Waals surface area contributed by atoms with Crippen molar-refractivity contribution in [2.24, 2.45) is 0 Å². The molecule has 2 rings (SSSR count). The number of nitriles is 1. The molecule has 30 heavy (non-hydrogen) atoms. The standard InChI is InChI=1S/C21H21F3N2O3S/c1-3-5-10-29-15-8-6-14(7-9-15)18-11-17(21(22,23)24)16(12-25)20(26-18)30-13-19(27)28-4-2/h6-9,11H,3-5,10,13H2,1-2H3. The predicted molar refractivity (Wildman–Crippen MR) is 107 cm³/mol. The molecule has 2 aromatic rings. The highest BCUT2D eigenvalue weighted by Crippen LogP contribution is 2.38. The maximum absolute atomic E-state index is 13.6. The summed E-state index contributed by atoms with van der Waals surface area (Å²) in [6.45, 7) is 4.37. The quantitative estimate of drug-likeness (QED) is 0.294. The average Bonchev–Trinajstić information content (AvgIpc) is 2.72. The van der Waals surface area contributed by atoms with Gasteiger partial charge in [0.25, 0.3) is 0 Å². The number of carbonyl (C=O) groups is 1. The lowest BCUT2D eigenvalue weighted by Gasteiger charge is -2.14. The molecule has 0 radical (unpaired) electrons. The van der Waals surface area contributed by atoms with Gasteiger partial charge < -0.3 is 9.47 Å². The van der Waals surface area contributed by atoms with E-state index in [0.717, 1.165) is 30.7 Å². The summed E-state index contributed by atoms with van der Waals surface area (Å²) >= 11 is 0.743. The summed E-state index contributed by atoms with van der Waals surface area (Å²) in [5.74, 6) is -0.241. The second kappa shape index (κ2) is 10.9. The van der Waals surface area contributed by atoms with Gasteiger partial charge in [-0.2, -0.15) is 18.4 Å². The van der Waals surface area contributed by atoms with Crippen LogP contribution < -0.4 is 4.74 Å². The van der Waals surface area contributed by atoms with Crippen LogP contribution in [0.3, 0.4) is 0 Å². The Bertz CT molecular complexity index is 909. The number of esters is 1. The minimum atomic E-state index is -4.74. The van der Waals surface area contributed by atoms with Gasteiger partial charge in [0, 0.05) is 5.56 Å². The molecule has 0 atom stereocenters. The summed E-state index contributed by atoms with van der Waals surface area (Å²) in [6, 6.07) is 8.94. The molecular weight excluding hydrogens is 417 g/mol. The molecule has 1 aromatic heterocycles. The largest absolute Gasteiger partial charge is 0.494 e. The molecule has 0 saturated carbocycles. The van der Waals surface area contributed by atoms with Crippen molar-refractivity contribution in [1.29, 1.82) is 5.26 Å². The molecule has 0 aliphatic carbocycles. The zero-order valence-corrected chi connectivity index (χ0v) is 17.4. The number of carbonyl (C=O) groups excluding carboxylic acids is 1. The normalized spacial score (nSPS) is 11.1. The number of alkyl halides is 3. The molecule has 160 valence electrons. The molecule has 9 heteroatoms. The molecule has 1 aromatic carbocycles. The zero-order valence-electron chi connectivity index (χ0n) is 16.6. The first-order valence-corrected chi connectivity index (χ1v) is 10.3. The van der Waals surface area contributed by atoms with Crippen LogP contribution in [-0.4, -0.2) is 29.9 Å². The highest BCUT2D eigenvalue weighted by molar-refractivity contribution is 7.99. The van der Waals surface area contributed by atoms with E-state index in [0.29, 0.717) is 17.9 Å². The molecule has 0 saturated heterocycles. The summed E-state index contributed by atoms with van der Waals surface area (Å²) in [4.78, 5) is 15.8. The first-order chi connectivity index (χ1) is 14.3. The van der Waals surface area contributed by atoms with Crippen molar-refractivity contribution in [2.75, 3.05) is 19.0 Å². The van der Waals surface area contributed by atoms with Crippen molar-refractivity contribution in [3.05, 3.63) is 41.5 Å². The van der Waals surface area contributed by atoms with Crippen molar-refractivity contribution in [3.63, 3.8) is 0 Å². The number of halogens is 3. The lowest BCUT2D eigenvalue weighted by Crippen LogP contribution is -2.12. The Morgan fingerprint density at radius 3 is 2.50 bits per heavy atom. The molecule has 0 spiro atoms. The fraction of sp³-hybridized carbons (Fsp3) is 0.381. The van der Waals surface area contributed by atoms with Gasteiger partial charge in [0.1, 0.15) is 16.8 Å². The number of nitrogens with zero attached hydrogens (tertiary/aromatic N) is 2. The Morgan fingerprint density at radius 1 is 1.23 bits per heavy atom. The zero-order chi connectivity index (χ0) is 22.1. The minimum absolute atomic E-state index is 0.0489. The van der Waals surface area contributed by atoms with Crippen LogP contribution >= 0.6 is 11.8 Å².